The van der Waals surface area contributed by atoms with Gasteiger partial charge in [0.2, 0.25) is 10.9 Å². The summed E-state index contributed by atoms with van der Waals surface area (Å²) in [7, 11) is 0. The molecule has 0 unspecified atom stereocenters. The number of nitriles is 1. The van der Waals surface area contributed by atoms with Crippen LogP contribution in [-0.4, -0.2) is 4.57 Å². The van der Waals surface area contributed by atoms with Crippen molar-refractivity contribution in [2.75, 3.05) is 0 Å². The zero-order chi connectivity index (χ0) is 26.2. The third-order valence-electron chi connectivity index (χ3n) is 7.42. The van der Waals surface area contributed by atoms with Crippen LogP contribution in [0.4, 0.5) is 0 Å². The Morgan fingerprint density at radius 2 is 1.18 bits per heavy atom. The average Bonchev–Trinajstić information content (AvgIpc) is 3.30. The highest BCUT2D eigenvalue weighted by molar-refractivity contribution is 6.10. The molecule has 3 heterocycles. The maximum atomic E-state index is 13.8. The van der Waals surface area contributed by atoms with Gasteiger partial charge >= 0.3 is 0 Å². The fourth-order valence-corrected chi connectivity index (χ4v) is 5.64. The minimum Gasteiger partial charge on any atom is -0.456 e. The molecule has 8 aromatic rings. The Labute approximate surface area is 219 Å². The van der Waals surface area contributed by atoms with E-state index < -0.39 is 0 Å². The lowest BCUT2D eigenvalue weighted by Crippen LogP contribution is -2.07. The van der Waals surface area contributed by atoms with Gasteiger partial charge in [-0.1, -0.05) is 42.5 Å². The van der Waals surface area contributed by atoms with Gasteiger partial charge < -0.3 is 13.4 Å². The molecule has 0 aliphatic heterocycles. The number of fused-ring (bicyclic) bond motifs is 7. The molecule has 0 saturated heterocycles. The number of para-hydroxylation sites is 3. The lowest BCUT2D eigenvalue weighted by molar-refractivity contribution is 0.645. The highest BCUT2D eigenvalue weighted by Crippen LogP contribution is 2.35. The van der Waals surface area contributed by atoms with E-state index in [0.717, 1.165) is 27.5 Å². The zero-order valence-corrected chi connectivity index (χ0v) is 20.3. The number of benzene rings is 5. The Morgan fingerprint density at radius 1 is 0.564 bits per heavy atom. The molecule has 0 atom stereocenters. The largest absolute Gasteiger partial charge is 0.456 e. The predicted molar refractivity (Wildman–Crippen MR) is 153 cm³/mol. The molecule has 39 heavy (non-hydrogen) atoms. The molecule has 5 aromatic carbocycles. The summed E-state index contributed by atoms with van der Waals surface area (Å²) < 4.78 is 14.6. The standard InChI is InChI=1S/C33H16N2O4/c34-17-18-12-13-21-28(14-18)38-29-16-30-24(15-23(29)31(21)36)32(37)22-8-5-11-27(33(22)39-30)35-25-9-3-1-6-19(25)20-7-2-4-10-26(20)35/h1-16H. The van der Waals surface area contributed by atoms with Crippen molar-refractivity contribution in [3.8, 4) is 11.8 Å². The van der Waals surface area contributed by atoms with Crippen LogP contribution in [0.3, 0.4) is 0 Å². The summed E-state index contributed by atoms with van der Waals surface area (Å²) in [6.07, 6.45) is 0. The Hall–Kier alpha value is -5.67. The molecule has 0 bridgehead atoms. The first-order valence-electron chi connectivity index (χ1n) is 12.4. The van der Waals surface area contributed by atoms with Gasteiger partial charge in [0, 0.05) is 16.8 Å². The molecule has 6 heteroatoms. The van der Waals surface area contributed by atoms with Crippen molar-refractivity contribution in [3.05, 3.63) is 123 Å². The van der Waals surface area contributed by atoms with Crippen LogP contribution in [0.15, 0.2) is 115 Å². The Bertz CT molecular complexity index is 2450. The van der Waals surface area contributed by atoms with Crippen molar-refractivity contribution in [3.63, 3.8) is 0 Å². The molecule has 3 aromatic heterocycles. The summed E-state index contributed by atoms with van der Waals surface area (Å²) in [6.45, 7) is 0. The van der Waals surface area contributed by atoms with Gasteiger partial charge in [0.15, 0.2) is 5.58 Å². The minimum atomic E-state index is -0.267. The number of hydrogen-bond donors (Lipinski definition) is 0. The maximum absolute atomic E-state index is 13.8. The first-order chi connectivity index (χ1) is 19.1. The molecule has 0 amide bonds. The highest BCUT2D eigenvalue weighted by atomic mass is 16.3. The van der Waals surface area contributed by atoms with E-state index in [1.54, 1.807) is 30.3 Å². The first-order valence-corrected chi connectivity index (χ1v) is 12.4. The molecule has 6 nitrogen and oxygen atoms in total. The predicted octanol–water partition coefficient (Wildman–Crippen LogP) is 7.17. The monoisotopic (exact) mass is 504 g/mol. The lowest BCUT2D eigenvalue weighted by Gasteiger charge is -2.11. The van der Waals surface area contributed by atoms with Gasteiger partial charge in [-0.2, -0.15) is 5.26 Å². The Balaban J connectivity index is 1.50. The van der Waals surface area contributed by atoms with Crippen molar-refractivity contribution in [1.29, 1.82) is 5.26 Å². The van der Waals surface area contributed by atoms with E-state index in [1.165, 1.54) is 6.07 Å². The topological polar surface area (TPSA) is 89.1 Å². The maximum Gasteiger partial charge on any atom is 0.200 e. The molecule has 182 valence electrons. The van der Waals surface area contributed by atoms with Gasteiger partial charge in [0.1, 0.15) is 16.7 Å². The van der Waals surface area contributed by atoms with Gasteiger partial charge in [0.05, 0.1) is 49.9 Å². The molecule has 0 aliphatic rings. The van der Waals surface area contributed by atoms with E-state index in [9.17, 15) is 14.9 Å². The fraction of sp³-hybridized carbons (Fsp3) is 0. The summed E-state index contributed by atoms with van der Waals surface area (Å²) in [5.41, 5.74) is 3.97. The van der Waals surface area contributed by atoms with Gasteiger partial charge in [-0.25, -0.2) is 0 Å². The van der Waals surface area contributed by atoms with Gasteiger partial charge in [-0.05, 0) is 48.5 Å². The van der Waals surface area contributed by atoms with Gasteiger partial charge in [-0.15, -0.1) is 0 Å². The normalized spacial score (nSPS) is 11.8. The summed E-state index contributed by atoms with van der Waals surface area (Å²) in [5, 5.41) is 12.8. The summed E-state index contributed by atoms with van der Waals surface area (Å²) >= 11 is 0. The molecule has 0 aliphatic carbocycles. The Morgan fingerprint density at radius 3 is 1.90 bits per heavy atom. The minimum absolute atomic E-state index is 0.227. The second-order valence-electron chi connectivity index (χ2n) is 9.55. The van der Waals surface area contributed by atoms with Crippen molar-refractivity contribution in [2.45, 2.75) is 0 Å². The highest BCUT2D eigenvalue weighted by Gasteiger charge is 2.19. The number of rotatable bonds is 1. The van der Waals surface area contributed by atoms with Crippen LogP contribution in [-0.2, 0) is 0 Å². The van der Waals surface area contributed by atoms with Crippen molar-refractivity contribution in [1.82, 2.24) is 4.57 Å². The van der Waals surface area contributed by atoms with Gasteiger partial charge in [0.25, 0.3) is 0 Å². The van der Waals surface area contributed by atoms with E-state index in [0.29, 0.717) is 38.5 Å². The second kappa shape index (κ2) is 7.67. The third kappa shape index (κ3) is 2.90. The molecule has 0 N–H and O–H groups in total. The summed E-state index contributed by atoms with van der Waals surface area (Å²) in [6, 6.07) is 31.7. The van der Waals surface area contributed by atoms with Crippen molar-refractivity contribution < 1.29 is 8.83 Å². The van der Waals surface area contributed by atoms with Crippen LogP contribution >= 0.6 is 0 Å². The quantitative estimate of drug-likeness (QED) is 0.221. The lowest BCUT2D eigenvalue weighted by atomic mass is 10.1. The number of hydrogen-bond acceptors (Lipinski definition) is 5. The van der Waals surface area contributed by atoms with Crippen LogP contribution in [0.1, 0.15) is 5.56 Å². The van der Waals surface area contributed by atoms with E-state index in [1.807, 2.05) is 36.4 Å². The summed E-state index contributed by atoms with van der Waals surface area (Å²) in [4.78, 5) is 27.1. The molecule has 0 radical (unpaired) electrons. The Kier molecular flexibility index (Phi) is 4.21. The molecule has 0 saturated carbocycles. The van der Waals surface area contributed by atoms with Gasteiger partial charge in [-0.3, -0.25) is 9.59 Å². The first kappa shape index (κ1) is 21.4. The van der Waals surface area contributed by atoms with Crippen LogP contribution in [0.25, 0.3) is 71.4 Å². The molecular formula is C33H16N2O4. The van der Waals surface area contributed by atoms with E-state index in [4.69, 9.17) is 8.83 Å². The molecule has 8 rings (SSSR count). The van der Waals surface area contributed by atoms with Crippen LogP contribution in [0.2, 0.25) is 0 Å². The van der Waals surface area contributed by atoms with E-state index >= 15 is 0 Å². The second-order valence-corrected chi connectivity index (χ2v) is 9.55. The van der Waals surface area contributed by atoms with Crippen molar-refractivity contribution >= 4 is 65.7 Å². The molecule has 0 spiro atoms. The fourth-order valence-electron chi connectivity index (χ4n) is 5.64. The number of aromatic nitrogens is 1. The van der Waals surface area contributed by atoms with E-state index in [2.05, 4.69) is 34.9 Å². The van der Waals surface area contributed by atoms with Crippen LogP contribution < -0.4 is 10.9 Å². The zero-order valence-electron chi connectivity index (χ0n) is 20.3. The van der Waals surface area contributed by atoms with Crippen molar-refractivity contribution in [2.24, 2.45) is 0 Å². The van der Waals surface area contributed by atoms with Crippen LogP contribution in [0, 0.1) is 11.3 Å². The number of nitrogens with zero attached hydrogens (tertiary/aromatic N) is 2. The third-order valence-corrected chi connectivity index (χ3v) is 7.42. The smallest absolute Gasteiger partial charge is 0.200 e. The van der Waals surface area contributed by atoms with E-state index in [-0.39, 0.29) is 21.8 Å². The summed E-state index contributed by atoms with van der Waals surface area (Å²) in [5.74, 6) is 0. The molecular weight excluding hydrogens is 488 g/mol. The van der Waals surface area contributed by atoms with Crippen LogP contribution in [0.5, 0.6) is 0 Å². The average molecular weight is 505 g/mol. The SMILES string of the molecule is N#Cc1ccc2c(=O)c3cc4c(=O)c5cccc(-n6c7ccccc7c7ccccc76)c5oc4cc3oc2c1. The molecule has 0 fully saturated rings.